The Labute approximate surface area is 529 Å². The zero-order valence-corrected chi connectivity index (χ0v) is 54.3. The predicted molar refractivity (Wildman–Crippen MR) is 340 cm³/mol. The minimum absolute atomic E-state index is 0.00654. The number of likely N-dealkylation sites (N-methyl/N-ethyl adjacent to an activating group) is 2. The number of hydrogen-bond donors (Lipinski definition) is 13. The van der Waals surface area contributed by atoms with Gasteiger partial charge in [-0.1, -0.05) is 111 Å². The number of β-amino-alcohol motifs (C(OH)–C–C–N with tert-alkyl or cyclic N) is 1. The lowest BCUT2D eigenvalue weighted by atomic mass is 9.97. The average molecular weight is 1270 g/mol. The van der Waals surface area contributed by atoms with Crippen molar-refractivity contribution >= 4 is 77.0 Å². The predicted octanol–water partition coefficient (Wildman–Crippen LogP) is -0.660. The molecule has 1 aromatic rings. The van der Waals surface area contributed by atoms with Gasteiger partial charge in [-0.15, -0.1) is 0 Å². The SMILES string of the molecule is CCCCCCCC(=O)N[C@H](C)C(=O)N(C)[C@@H](Cc1ccccc1)C(=O)N[C@@H](CCCN=C(N)N)C(=O)N[C@@H](CC(C)C)C(=O)N1C[C@H](O)C[C@H]1C(=O)N(C)[C@@H](CC(C)C)C(=O)N[C@@H](CC(=O)O)C(=O)N[C@@H](CCCN=C(N)N)C(=O)N[C@H](C(N)=O)[C@@H](C)CC. The van der Waals surface area contributed by atoms with Crippen molar-refractivity contribution in [3.63, 3.8) is 0 Å². The Kier molecular flexibility index (Phi) is 34.5. The molecule has 10 amide bonds. The molecule has 0 bridgehead atoms. The lowest BCUT2D eigenvalue weighted by molar-refractivity contribution is -0.149. The van der Waals surface area contributed by atoms with E-state index in [4.69, 9.17) is 28.7 Å². The second-order valence-electron chi connectivity index (χ2n) is 24.2. The first kappa shape index (κ1) is 78.0. The number of carboxylic acids is 1. The summed E-state index contributed by atoms with van der Waals surface area (Å²) in [6, 6.07) is -3.28. The van der Waals surface area contributed by atoms with Crippen molar-refractivity contribution in [3.8, 4) is 0 Å². The molecule has 1 aliphatic rings. The third-order valence-corrected chi connectivity index (χ3v) is 15.6. The monoisotopic (exact) mass is 1270 g/mol. The summed E-state index contributed by atoms with van der Waals surface area (Å²) in [5.41, 5.74) is 28.4. The minimum atomic E-state index is -1.83. The molecule has 0 radical (unpaired) electrons. The normalized spacial score (nSPS) is 16.7. The van der Waals surface area contributed by atoms with E-state index in [0.29, 0.717) is 18.4 Å². The number of amides is 10. The molecule has 1 aromatic carbocycles. The van der Waals surface area contributed by atoms with Crippen molar-refractivity contribution < 1.29 is 63.0 Å². The quantitative estimate of drug-likeness (QED) is 0.0220. The van der Waals surface area contributed by atoms with Crippen LogP contribution in [0.3, 0.4) is 0 Å². The number of carbonyl (C=O) groups is 11. The Bertz CT molecular complexity index is 2600. The van der Waals surface area contributed by atoms with Crippen LogP contribution < -0.4 is 60.6 Å². The van der Waals surface area contributed by atoms with Crippen molar-refractivity contribution in [1.82, 2.24) is 46.6 Å². The van der Waals surface area contributed by atoms with Crippen molar-refractivity contribution in [2.24, 2.45) is 56.4 Å². The molecule has 18 N–H and O–H groups in total. The molecule has 1 saturated heterocycles. The Balaban J connectivity index is 2.55. The second kappa shape index (κ2) is 39.8. The van der Waals surface area contributed by atoms with Crippen LogP contribution in [-0.4, -0.2) is 196 Å². The van der Waals surface area contributed by atoms with Crippen LogP contribution in [0.5, 0.6) is 0 Å². The van der Waals surface area contributed by atoms with Crippen molar-refractivity contribution in [1.29, 1.82) is 0 Å². The number of aliphatic imine (C=N–C) groups is 2. The fourth-order valence-corrected chi connectivity index (χ4v) is 10.4. The number of likely N-dealkylation sites (tertiary alicyclic amines) is 1. The molecule has 90 heavy (non-hydrogen) atoms. The number of carboxylic acid groups (broad SMARTS) is 1. The van der Waals surface area contributed by atoms with Crippen LogP contribution in [0.15, 0.2) is 40.3 Å². The fraction of sp³-hybridized carbons (Fsp3) is 0.689. The third-order valence-electron chi connectivity index (χ3n) is 15.6. The Hall–Kier alpha value is -8.11. The molecule has 1 aliphatic heterocycles. The van der Waals surface area contributed by atoms with Gasteiger partial charge in [0.1, 0.15) is 54.4 Å². The number of primary amides is 1. The zero-order valence-electron chi connectivity index (χ0n) is 54.3. The molecule has 506 valence electrons. The van der Waals surface area contributed by atoms with Crippen LogP contribution in [-0.2, 0) is 59.2 Å². The third kappa shape index (κ3) is 27.3. The van der Waals surface area contributed by atoms with Gasteiger partial charge in [-0.2, -0.15) is 0 Å². The van der Waals surface area contributed by atoms with Crippen molar-refractivity contribution in [2.45, 2.75) is 219 Å². The highest BCUT2D eigenvalue weighted by atomic mass is 16.4. The number of aliphatic hydroxyl groups excluding tert-OH is 1. The molecule has 1 fully saturated rings. The van der Waals surface area contributed by atoms with Crippen molar-refractivity contribution in [2.75, 3.05) is 33.7 Å². The largest absolute Gasteiger partial charge is 0.481 e. The summed E-state index contributed by atoms with van der Waals surface area (Å²) in [5.74, 6) is -10.7. The molecule has 0 unspecified atom stereocenters. The molecule has 11 atom stereocenters. The molecule has 29 heteroatoms. The summed E-state index contributed by atoms with van der Waals surface area (Å²) in [6.07, 6.45) is 2.82. The highest BCUT2D eigenvalue weighted by molar-refractivity contribution is 5.99. The van der Waals surface area contributed by atoms with E-state index >= 15 is 0 Å². The number of benzene rings is 1. The number of hydrogen-bond acceptors (Lipinski definition) is 14. The molecular formula is C61H104N16O13. The van der Waals surface area contributed by atoms with Crippen LogP contribution >= 0.6 is 0 Å². The summed E-state index contributed by atoms with van der Waals surface area (Å²) in [4.78, 5) is 164. The molecule has 29 nitrogen and oxygen atoms in total. The van der Waals surface area contributed by atoms with Crippen LogP contribution in [0.2, 0.25) is 0 Å². The number of aliphatic carboxylic acids is 1. The maximum absolute atomic E-state index is 15.0. The second-order valence-corrected chi connectivity index (χ2v) is 24.2. The first-order valence-corrected chi connectivity index (χ1v) is 31.3. The lowest BCUT2D eigenvalue weighted by Crippen LogP contribution is -2.61. The number of nitrogens with zero attached hydrogens (tertiary/aromatic N) is 5. The molecule has 0 saturated carbocycles. The van der Waals surface area contributed by atoms with Crippen molar-refractivity contribution in [3.05, 3.63) is 35.9 Å². The fourth-order valence-electron chi connectivity index (χ4n) is 10.4. The summed E-state index contributed by atoms with van der Waals surface area (Å²) in [7, 11) is 2.71. The Morgan fingerprint density at radius 1 is 0.622 bits per heavy atom. The van der Waals surface area contributed by atoms with E-state index in [9.17, 15) is 63.0 Å². The van der Waals surface area contributed by atoms with E-state index in [0.717, 1.165) is 35.5 Å². The van der Waals surface area contributed by atoms with Crippen LogP contribution in [0.25, 0.3) is 0 Å². The van der Waals surface area contributed by atoms with Crippen LogP contribution in [0.4, 0.5) is 0 Å². The Morgan fingerprint density at radius 3 is 1.66 bits per heavy atom. The van der Waals surface area contributed by atoms with Gasteiger partial charge < -0.3 is 85.5 Å². The first-order chi connectivity index (χ1) is 42.3. The van der Waals surface area contributed by atoms with E-state index in [2.05, 4.69) is 48.8 Å². The van der Waals surface area contributed by atoms with Gasteiger partial charge in [-0.25, -0.2) is 0 Å². The number of aliphatic hydroxyl groups is 1. The number of nitrogens with two attached hydrogens (primary N) is 5. The van der Waals surface area contributed by atoms with Gasteiger partial charge in [0.15, 0.2) is 11.9 Å². The molecule has 0 aromatic heterocycles. The van der Waals surface area contributed by atoms with E-state index in [1.807, 2.05) is 0 Å². The van der Waals surface area contributed by atoms with Gasteiger partial charge >= 0.3 is 5.97 Å². The van der Waals surface area contributed by atoms with E-state index in [1.165, 1.54) is 25.9 Å². The molecular weight excluding hydrogens is 1160 g/mol. The first-order valence-electron chi connectivity index (χ1n) is 31.3. The number of rotatable bonds is 41. The van der Waals surface area contributed by atoms with E-state index < -0.39 is 132 Å². The van der Waals surface area contributed by atoms with Crippen LogP contribution in [0.1, 0.15) is 157 Å². The molecule has 1 heterocycles. The summed E-state index contributed by atoms with van der Waals surface area (Å²) in [5, 5.41) is 37.0. The van der Waals surface area contributed by atoms with Gasteiger partial charge in [0.05, 0.1) is 12.5 Å². The lowest BCUT2D eigenvalue weighted by Gasteiger charge is -2.35. The highest BCUT2D eigenvalue weighted by Crippen LogP contribution is 2.25. The number of unbranched alkanes of at least 4 members (excludes halogenated alkanes) is 4. The van der Waals surface area contributed by atoms with Gasteiger partial charge in [-0.3, -0.25) is 62.7 Å². The van der Waals surface area contributed by atoms with Gasteiger partial charge in [0.2, 0.25) is 59.1 Å². The Morgan fingerprint density at radius 2 is 1.13 bits per heavy atom. The summed E-state index contributed by atoms with van der Waals surface area (Å²) >= 11 is 0. The number of guanidine groups is 2. The summed E-state index contributed by atoms with van der Waals surface area (Å²) < 4.78 is 0. The van der Waals surface area contributed by atoms with Gasteiger partial charge in [0.25, 0.3) is 0 Å². The highest BCUT2D eigenvalue weighted by Gasteiger charge is 2.45. The molecule has 0 spiro atoms. The standard InChI is InChI=1S/C61H104N16O13/c1-11-13-14-15-19-26-48(79)69-38(8)57(88)75(9)46(31-39-22-17-16-18-23-39)56(87)71-41(24-20-27-67-60(63)64)52(83)73-44(29-35(3)4)58(89)77-34-40(78)32-47(77)59(90)76(10)45(30-36(5)6)55(86)72-43(33-49(80)81)54(85)70-42(25-21-28-68-61(65)66)53(84)74-50(51(62)82)37(7)12-2/h16-18,22-23,35-38,40-47,50,78H,11-15,19-21,24-34H2,1-10H3,(H2,62,82)(H,69,79)(H,70,85)(H,71,87)(H,72,86)(H,73,83)(H,74,84)(H,80,81)(H4,63,64,67)(H4,65,66,68)/t37-,38+,40+,41-,42-,43-,44-,45-,46-,47-,50-/m0/s1. The maximum Gasteiger partial charge on any atom is 0.305 e. The maximum atomic E-state index is 15.0. The number of nitrogens with one attached hydrogen (secondary N) is 6. The molecule has 2 rings (SSSR count). The zero-order chi connectivity index (χ0) is 67.9. The number of carbonyl (C=O) groups excluding carboxylic acids is 10. The van der Waals surface area contributed by atoms with E-state index in [1.54, 1.807) is 71.9 Å². The summed E-state index contributed by atoms with van der Waals surface area (Å²) in [6.45, 7) is 13.9. The van der Waals surface area contributed by atoms with E-state index in [-0.39, 0.29) is 107 Å². The smallest absolute Gasteiger partial charge is 0.305 e. The minimum Gasteiger partial charge on any atom is -0.481 e. The molecule has 0 aliphatic carbocycles. The van der Waals surface area contributed by atoms with Gasteiger partial charge in [0, 0.05) is 53.0 Å². The van der Waals surface area contributed by atoms with Crippen LogP contribution in [0, 0.1) is 17.8 Å². The topological polar surface area (TPSA) is 465 Å². The average Bonchev–Trinajstić information content (AvgIpc) is 1.62. The van der Waals surface area contributed by atoms with Gasteiger partial charge in [-0.05, 0) is 75.2 Å².